The largest absolute Gasteiger partial charge is 0.257 e. The van der Waals surface area contributed by atoms with Crippen LogP contribution in [0.2, 0.25) is 0 Å². The van der Waals surface area contributed by atoms with Crippen LogP contribution in [0.3, 0.4) is 0 Å². The van der Waals surface area contributed by atoms with Gasteiger partial charge >= 0.3 is 0 Å². The van der Waals surface area contributed by atoms with E-state index in [1.54, 1.807) is 12.3 Å². The first kappa shape index (κ1) is 11.6. The Balaban J connectivity index is 4.60. The lowest BCUT2D eigenvalue weighted by Crippen LogP contribution is -1.80. The zero-order valence-electron chi connectivity index (χ0n) is 8.62. The predicted molar refractivity (Wildman–Crippen MR) is 61.0 cm³/mol. The summed E-state index contributed by atoms with van der Waals surface area (Å²) >= 11 is 0. The summed E-state index contributed by atoms with van der Waals surface area (Å²) in [7, 11) is 0. The zero-order chi connectivity index (χ0) is 10.1. The number of rotatable bonds is 4. The first-order valence-electron chi connectivity index (χ1n) is 4.37. The molecule has 0 atom stereocenters. The Labute approximate surface area is 80.9 Å². The maximum absolute atomic E-state index is 4.23. The summed E-state index contributed by atoms with van der Waals surface area (Å²) in [5.74, 6) is 0. The van der Waals surface area contributed by atoms with Gasteiger partial charge in [0.1, 0.15) is 0 Å². The van der Waals surface area contributed by atoms with Gasteiger partial charge in [0.25, 0.3) is 0 Å². The van der Waals surface area contributed by atoms with Crippen LogP contribution in [-0.4, -0.2) is 6.21 Å². The molecule has 13 heavy (non-hydrogen) atoms. The van der Waals surface area contributed by atoms with E-state index in [0.29, 0.717) is 0 Å². The van der Waals surface area contributed by atoms with Gasteiger partial charge in [0.15, 0.2) is 0 Å². The van der Waals surface area contributed by atoms with Crippen LogP contribution < -0.4 is 0 Å². The van der Waals surface area contributed by atoms with E-state index < -0.39 is 0 Å². The number of hydrogen-bond donors (Lipinski definition) is 0. The molecule has 0 saturated heterocycles. The molecule has 0 saturated carbocycles. The van der Waals surface area contributed by atoms with Crippen LogP contribution in [0, 0.1) is 0 Å². The molecule has 0 heterocycles. The molecular formula is C12H17N. The average molecular weight is 175 g/mol. The summed E-state index contributed by atoms with van der Waals surface area (Å²) in [4.78, 5) is 4.23. The van der Waals surface area contributed by atoms with Gasteiger partial charge in [-0.3, -0.25) is 4.99 Å². The van der Waals surface area contributed by atoms with E-state index in [2.05, 4.69) is 11.6 Å². The van der Waals surface area contributed by atoms with E-state index in [-0.39, 0.29) is 0 Å². The van der Waals surface area contributed by atoms with Crippen LogP contribution >= 0.6 is 0 Å². The second-order valence-electron chi connectivity index (χ2n) is 2.56. The highest BCUT2D eigenvalue weighted by molar-refractivity contribution is 5.71. The molecule has 0 unspecified atom stereocenters. The van der Waals surface area contributed by atoms with Crippen LogP contribution in [0.15, 0.2) is 53.2 Å². The smallest absolute Gasteiger partial charge is 0.0616 e. The van der Waals surface area contributed by atoms with Crippen LogP contribution in [0.25, 0.3) is 0 Å². The normalized spacial score (nSPS) is 14.4. The molecule has 0 aliphatic heterocycles. The molecular weight excluding hydrogens is 158 g/mol. The maximum Gasteiger partial charge on any atom is 0.0616 e. The lowest BCUT2D eigenvalue weighted by Gasteiger charge is -1.98. The molecule has 0 aliphatic rings. The van der Waals surface area contributed by atoms with Gasteiger partial charge in [0.05, 0.1) is 5.70 Å². The molecule has 0 spiro atoms. The molecule has 0 N–H and O–H groups in total. The summed E-state index contributed by atoms with van der Waals surface area (Å²) in [6.07, 6.45) is 11.4. The Kier molecular flexibility index (Phi) is 6.52. The molecule has 1 nitrogen and oxygen atoms in total. The summed E-state index contributed by atoms with van der Waals surface area (Å²) in [5.41, 5.74) is 2.14. The Hall–Kier alpha value is -1.37. The van der Waals surface area contributed by atoms with Crippen molar-refractivity contribution in [1.82, 2.24) is 0 Å². The van der Waals surface area contributed by atoms with Crippen molar-refractivity contribution in [2.45, 2.75) is 20.8 Å². The van der Waals surface area contributed by atoms with Crippen LogP contribution in [0.5, 0.6) is 0 Å². The third kappa shape index (κ3) is 4.96. The topological polar surface area (TPSA) is 12.4 Å². The monoisotopic (exact) mass is 175 g/mol. The highest BCUT2D eigenvalue weighted by Gasteiger charge is 1.92. The summed E-state index contributed by atoms with van der Waals surface area (Å²) in [5, 5.41) is 0. The fourth-order valence-electron chi connectivity index (χ4n) is 0.863. The Morgan fingerprint density at radius 1 is 1.31 bits per heavy atom. The fourth-order valence-corrected chi connectivity index (χ4v) is 0.863. The molecule has 1 heteroatoms. The second-order valence-corrected chi connectivity index (χ2v) is 2.56. The molecule has 0 aliphatic carbocycles. The van der Waals surface area contributed by atoms with Gasteiger partial charge in [0, 0.05) is 6.21 Å². The first-order chi connectivity index (χ1) is 6.26. The van der Waals surface area contributed by atoms with E-state index in [1.165, 1.54) is 0 Å². The molecule has 0 amide bonds. The van der Waals surface area contributed by atoms with Gasteiger partial charge in [-0.1, -0.05) is 37.0 Å². The predicted octanol–water partition coefficient (Wildman–Crippen LogP) is 3.67. The second kappa shape index (κ2) is 7.29. The minimum absolute atomic E-state index is 0.984. The zero-order valence-corrected chi connectivity index (χ0v) is 8.62. The van der Waals surface area contributed by atoms with Crippen molar-refractivity contribution in [1.29, 1.82) is 0 Å². The average Bonchev–Trinajstić information content (AvgIpc) is 2.16. The number of nitrogens with zero attached hydrogens (tertiary/aromatic N) is 1. The molecule has 70 valence electrons. The number of hydrogen-bond acceptors (Lipinski definition) is 1. The van der Waals surface area contributed by atoms with E-state index in [1.807, 2.05) is 45.1 Å². The quantitative estimate of drug-likeness (QED) is 0.456. The van der Waals surface area contributed by atoms with E-state index in [4.69, 9.17) is 0 Å². The lowest BCUT2D eigenvalue weighted by molar-refractivity contribution is 1.28. The van der Waals surface area contributed by atoms with Crippen molar-refractivity contribution >= 4 is 6.21 Å². The van der Waals surface area contributed by atoms with Crippen molar-refractivity contribution in [2.75, 3.05) is 0 Å². The third-order valence-electron chi connectivity index (χ3n) is 1.54. The third-order valence-corrected chi connectivity index (χ3v) is 1.54. The Morgan fingerprint density at radius 3 is 2.46 bits per heavy atom. The SMILES string of the molecule is C=C\C=N/C(=C\C)C(/C)=C\C=C/C. The minimum atomic E-state index is 0.984. The van der Waals surface area contributed by atoms with E-state index in [0.717, 1.165) is 11.3 Å². The summed E-state index contributed by atoms with van der Waals surface area (Å²) in [6, 6.07) is 0. The summed E-state index contributed by atoms with van der Waals surface area (Å²) in [6.45, 7) is 9.58. The first-order valence-corrected chi connectivity index (χ1v) is 4.37. The summed E-state index contributed by atoms with van der Waals surface area (Å²) < 4.78 is 0. The molecule has 0 fully saturated rings. The maximum atomic E-state index is 4.23. The molecule has 0 aromatic heterocycles. The Morgan fingerprint density at radius 2 is 2.00 bits per heavy atom. The Bertz CT molecular complexity index is 265. The van der Waals surface area contributed by atoms with Gasteiger partial charge in [-0.25, -0.2) is 0 Å². The van der Waals surface area contributed by atoms with Gasteiger partial charge in [-0.15, -0.1) is 0 Å². The van der Waals surface area contributed by atoms with Crippen LogP contribution in [-0.2, 0) is 0 Å². The van der Waals surface area contributed by atoms with Crippen LogP contribution in [0.4, 0.5) is 0 Å². The van der Waals surface area contributed by atoms with Crippen molar-refractivity contribution in [2.24, 2.45) is 4.99 Å². The highest BCUT2D eigenvalue weighted by atomic mass is 14.7. The molecule has 0 bridgehead atoms. The molecule has 0 aromatic carbocycles. The minimum Gasteiger partial charge on any atom is -0.257 e. The number of aliphatic imine (C=N–C) groups is 1. The fraction of sp³-hybridized carbons (Fsp3) is 0.250. The molecule has 0 radical (unpaired) electrons. The van der Waals surface area contributed by atoms with Crippen molar-refractivity contribution < 1.29 is 0 Å². The van der Waals surface area contributed by atoms with Crippen LogP contribution in [0.1, 0.15) is 20.8 Å². The molecule has 0 aromatic rings. The van der Waals surface area contributed by atoms with Gasteiger partial charge in [0.2, 0.25) is 0 Å². The van der Waals surface area contributed by atoms with E-state index >= 15 is 0 Å². The lowest BCUT2D eigenvalue weighted by atomic mass is 10.2. The van der Waals surface area contributed by atoms with Crippen molar-refractivity contribution in [3.05, 3.63) is 48.2 Å². The van der Waals surface area contributed by atoms with Gasteiger partial charge < -0.3 is 0 Å². The van der Waals surface area contributed by atoms with Gasteiger partial charge in [-0.2, -0.15) is 0 Å². The van der Waals surface area contributed by atoms with Crippen molar-refractivity contribution in [3.8, 4) is 0 Å². The molecule has 0 rings (SSSR count). The standard InChI is InChI=1S/C12H17N/c1-5-8-9-11(4)12(7-3)13-10-6-2/h5-10H,2H2,1,3-4H3/b8-5-,11-9-,12-7-,13-10-. The number of allylic oxidation sites excluding steroid dienone is 6. The van der Waals surface area contributed by atoms with Crippen molar-refractivity contribution in [3.63, 3.8) is 0 Å². The van der Waals surface area contributed by atoms with E-state index in [9.17, 15) is 0 Å². The van der Waals surface area contributed by atoms with Gasteiger partial charge in [-0.05, 0) is 26.3 Å². The highest BCUT2D eigenvalue weighted by Crippen LogP contribution is 2.09.